The number of alkyl halides is 2. The number of aromatic nitrogens is 3. The van der Waals surface area contributed by atoms with Crippen LogP contribution in [0.5, 0.6) is 5.75 Å². The van der Waals surface area contributed by atoms with Gasteiger partial charge in [-0.2, -0.15) is 18.6 Å². The minimum absolute atomic E-state index is 0.0503. The molecule has 1 aromatic carbocycles. The summed E-state index contributed by atoms with van der Waals surface area (Å²) in [6.07, 6.45) is 0.450. The van der Waals surface area contributed by atoms with E-state index in [4.69, 9.17) is 16.3 Å². The fraction of sp³-hybridized carbons (Fsp3) is 0.385. The van der Waals surface area contributed by atoms with E-state index in [0.717, 1.165) is 4.68 Å². The highest BCUT2D eigenvalue weighted by molar-refractivity contribution is 6.32. The second-order valence-electron chi connectivity index (χ2n) is 4.90. The number of aryl methyl sites for hydroxylation is 1. The van der Waals surface area contributed by atoms with E-state index in [0.29, 0.717) is 33.0 Å². The standard InChI is InChI=1S/C13H12ClF2N3O2/c1-6-5-8-10(4-3-9(14)11(8)21-6)19-13(20)18(12(15)16)7(2)17-19/h3-4,6,12H,5H2,1-2H3. The summed E-state index contributed by atoms with van der Waals surface area (Å²) in [6, 6.07) is 3.16. The van der Waals surface area contributed by atoms with Gasteiger partial charge in [0.25, 0.3) is 0 Å². The van der Waals surface area contributed by atoms with Crippen molar-refractivity contribution in [2.45, 2.75) is 32.9 Å². The topological polar surface area (TPSA) is 49.1 Å². The van der Waals surface area contributed by atoms with E-state index in [1.807, 2.05) is 6.92 Å². The summed E-state index contributed by atoms with van der Waals surface area (Å²) in [4.78, 5) is 12.1. The summed E-state index contributed by atoms with van der Waals surface area (Å²) in [5.74, 6) is 0.434. The van der Waals surface area contributed by atoms with Crippen LogP contribution in [-0.2, 0) is 6.42 Å². The van der Waals surface area contributed by atoms with Crippen molar-refractivity contribution >= 4 is 11.6 Å². The van der Waals surface area contributed by atoms with Crippen LogP contribution in [-0.4, -0.2) is 20.5 Å². The van der Waals surface area contributed by atoms with Gasteiger partial charge in [-0.3, -0.25) is 0 Å². The molecule has 2 heterocycles. The molecule has 8 heteroatoms. The van der Waals surface area contributed by atoms with E-state index in [-0.39, 0.29) is 11.9 Å². The Labute approximate surface area is 123 Å². The van der Waals surface area contributed by atoms with Gasteiger partial charge in [0.1, 0.15) is 17.7 Å². The van der Waals surface area contributed by atoms with Crippen molar-refractivity contribution < 1.29 is 13.5 Å². The Kier molecular flexibility index (Phi) is 3.24. The van der Waals surface area contributed by atoms with Gasteiger partial charge in [-0.1, -0.05) is 11.6 Å². The van der Waals surface area contributed by atoms with Gasteiger partial charge in [-0.25, -0.2) is 9.36 Å². The van der Waals surface area contributed by atoms with Crippen molar-refractivity contribution in [3.63, 3.8) is 0 Å². The number of halogens is 3. The first kappa shape index (κ1) is 14.1. The van der Waals surface area contributed by atoms with Crippen LogP contribution >= 0.6 is 11.6 Å². The van der Waals surface area contributed by atoms with Crippen LogP contribution < -0.4 is 10.4 Å². The van der Waals surface area contributed by atoms with Crippen LogP contribution in [0.4, 0.5) is 8.78 Å². The normalized spacial score (nSPS) is 17.1. The first-order valence-corrected chi connectivity index (χ1v) is 6.72. The smallest absolute Gasteiger partial charge is 0.355 e. The molecule has 0 amide bonds. The highest BCUT2D eigenvalue weighted by Crippen LogP contribution is 2.39. The molecule has 1 aliphatic rings. The van der Waals surface area contributed by atoms with Crippen LogP contribution in [0, 0.1) is 6.92 Å². The van der Waals surface area contributed by atoms with Gasteiger partial charge < -0.3 is 4.74 Å². The van der Waals surface area contributed by atoms with Gasteiger partial charge in [0.05, 0.1) is 10.7 Å². The number of benzene rings is 1. The summed E-state index contributed by atoms with van der Waals surface area (Å²) >= 11 is 6.06. The highest BCUT2D eigenvalue weighted by atomic mass is 35.5. The first-order chi connectivity index (χ1) is 9.90. The number of hydrogen-bond donors (Lipinski definition) is 0. The van der Waals surface area contributed by atoms with Gasteiger partial charge in [-0.05, 0) is 26.0 Å². The zero-order valence-electron chi connectivity index (χ0n) is 11.3. The molecule has 0 saturated heterocycles. The molecular formula is C13H12ClF2N3O2. The van der Waals surface area contributed by atoms with Crippen LogP contribution in [0.25, 0.3) is 5.69 Å². The number of hydrogen-bond acceptors (Lipinski definition) is 3. The quantitative estimate of drug-likeness (QED) is 0.856. The van der Waals surface area contributed by atoms with Crippen molar-refractivity contribution in [1.82, 2.24) is 14.3 Å². The molecule has 0 radical (unpaired) electrons. The Hall–Kier alpha value is -1.89. The molecule has 1 aliphatic heterocycles. The largest absolute Gasteiger partial charge is 0.488 e. The van der Waals surface area contributed by atoms with E-state index in [9.17, 15) is 13.6 Å². The lowest BCUT2D eigenvalue weighted by Gasteiger charge is -2.07. The van der Waals surface area contributed by atoms with Crippen LogP contribution in [0.2, 0.25) is 5.02 Å². The number of rotatable bonds is 2. The summed E-state index contributed by atoms with van der Waals surface area (Å²) in [6.45, 7) is 0.298. The predicted molar refractivity (Wildman–Crippen MR) is 72.6 cm³/mol. The van der Waals surface area contributed by atoms with Crippen molar-refractivity contribution in [3.05, 3.63) is 39.0 Å². The van der Waals surface area contributed by atoms with Gasteiger partial charge in [0, 0.05) is 12.0 Å². The van der Waals surface area contributed by atoms with Crippen LogP contribution in [0.3, 0.4) is 0 Å². The highest BCUT2D eigenvalue weighted by Gasteiger charge is 2.28. The maximum absolute atomic E-state index is 12.9. The Morgan fingerprint density at radius 2 is 2.19 bits per heavy atom. The third-order valence-electron chi connectivity index (χ3n) is 3.40. The fourth-order valence-electron chi connectivity index (χ4n) is 2.50. The summed E-state index contributed by atoms with van der Waals surface area (Å²) in [5, 5.41) is 4.35. The molecule has 3 rings (SSSR count). The second kappa shape index (κ2) is 4.84. The van der Waals surface area contributed by atoms with Gasteiger partial charge in [0.15, 0.2) is 0 Å². The molecule has 112 valence electrons. The average molecular weight is 316 g/mol. The van der Waals surface area contributed by atoms with E-state index >= 15 is 0 Å². The lowest BCUT2D eigenvalue weighted by molar-refractivity contribution is 0.0640. The Bertz CT molecular complexity index is 770. The number of ether oxygens (including phenoxy) is 1. The average Bonchev–Trinajstić information content (AvgIpc) is 2.91. The third kappa shape index (κ3) is 2.12. The monoisotopic (exact) mass is 315 g/mol. The summed E-state index contributed by atoms with van der Waals surface area (Å²) in [7, 11) is 0. The second-order valence-corrected chi connectivity index (χ2v) is 5.30. The zero-order valence-corrected chi connectivity index (χ0v) is 12.1. The molecule has 0 aliphatic carbocycles. The lowest BCUT2D eigenvalue weighted by atomic mass is 10.1. The minimum atomic E-state index is -2.93. The Morgan fingerprint density at radius 3 is 2.81 bits per heavy atom. The van der Waals surface area contributed by atoms with E-state index in [1.165, 1.54) is 6.92 Å². The summed E-state index contributed by atoms with van der Waals surface area (Å²) < 4.78 is 32.7. The summed E-state index contributed by atoms with van der Waals surface area (Å²) in [5.41, 5.74) is 0.244. The molecule has 0 fully saturated rings. The SMILES string of the molecule is Cc1nn(-c2ccc(Cl)c3c2CC(C)O3)c(=O)n1C(F)F. The van der Waals surface area contributed by atoms with Gasteiger partial charge in [-0.15, -0.1) is 0 Å². The van der Waals surface area contributed by atoms with Gasteiger partial charge in [0.2, 0.25) is 0 Å². The van der Waals surface area contributed by atoms with E-state index in [2.05, 4.69) is 5.10 Å². The first-order valence-electron chi connectivity index (χ1n) is 6.35. The van der Waals surface area contributed by atoms with Crippen molar-refractivity contribution in [3.8, 4) is 11.4 Å². The molecule has 0 spiro atoms. The molecule has 21 heavy (non-hydrogen) atoms. The molecule has 0 saturated carbocycles. The number of nitrogens with zero attached hydrogens (tertiary/aromatic N) is 3. The number of fused-ring (bicyclic) bond motifs is 1. The molecule has 0 N–H and O–H groups in total. The Balaban J connectivity index is 2.22. The maximum Gasteiger partial charge on any atom is 0.355 e. The van der Waals surface area contributed by atoms with Crippen molar-refractivity contribution in [2.75, 3.05) is 0 Å². The van der Waals surface area contributed by atoms with E-state index < -0.39 is 12.2 Å². The third-order valence-corrected chi connectivity index (χ3v) is 3.70. The lowest BCUT2D eigenvalue weighted by Crippen LogP contribution is -2.25. The van der Waals surface area contributed by atoms with Crippen molar-refractivity contribution in [2.24, 2.45) is 0 Å². The Morgan fingerprint density at radius 1 is 1.48 bits per heavy atom. The molecular weight excluding hydrogens is 304 g/mol. The van der Waals surface area contributed by atoms with Crippen LogP contribution in [0.1, 0.15) is 24.9 Å². The molecule has 1 atom stereocenters. The molecule has 0 bridgehead atoms. The molecule has 1 unspecified atom stereocenters. The van der Waals surface area contributed by atoms with Crippen molar-refractivity contribution in [1.29, 1.82) is 0 Å². The minimum Gasteiger partial charge on any atom is -0.488 e. The maximum atomic E-state index is 12.9. The molecule has 1 aromatic heterocycles. The van der Waals surface area contributed by atoms with E-state index in [1.54, 1.807) is 12.1 Å². The molecule has 5 nitrogen and oxygen atoms in total. The predicted octanol–water partition coefficient (Wildman–Crippen LogP) is 2.71. The van der Waals surface area contributed by atoms with Crippen LogP contribution in [0.15, 0.2) is 16.9 Å². The molecule has 2 aromatic rings. The fourth-order valence-corrected chi connectivity index (χ4v) is 2.72. The van der Waals surface area contributed by atoms with Gasteiger partial charge >= 0.3 is 12.2 Å². The zero-order chi connectivity index (χ0) is 15.3.